The van der Waals surface area contributed by atoms with E-state index in [1.807, 2.05) is 34.6 Å². The standard InChI is InChI=1S/C14H22BrNO3S.2C2H6/c1-5-7-11(6-2)16(3)20(17,18)12-8-9-13(15)14(10-12)19-4;2*1-2/h8-11H,5-7H2,1-4H3;2*1-2H3. The van der Waals surface area contributed by atoms with Crippen molar-refractivity contribution < 1.29 is 13.2 Å². The van der Waals surface area contributed by atoms with Gasteiger partial charge in [-0.25, -0.2) is 8.42 Å². The molecule has 1 aromatic carbocycles. The van der Waals surface area contributed by atoms with Crippen LogP contribution < -0.4 is 4.74 Å². The van der Waals surface area contributed by atoms with E-state index >= 15 is 0 Å². The van der Waals surface area contributed by atoms with E-state index in [4.69, 9.17) is 4.74 Å². The molecule has 0 saturated carbocycles. The molecule has 0 radical (unpaired) electrons. The topological polar surface area (TPSA) is 46.6 Å². The molecule has 0 saturated heterocycles. The molecule has 0 spiro atoms. The zero-order chi connectivity index (χ0) is 19.3. The highest BCUT2D eigenvalue weighted by atomic mass is 79.9. The van der Waals surface area contributed by atoms with E-state index in [-0.39, 0.29) is 10.9 Å². The van der Waals surface area contributed by atoms with Gasteiger partial charge in [-0.05, 0) is 40.9 Å². The number of nitrogens with zero attached hydrogens (tertiary/aromatic N) is 1. The maximum absolute atomic E-state index is 12.6. The van der Waals surface area contributed by atoms with Crippen LogP contribution in [-0.4, -0.2) is 32.9 Å². The van der Waals surface area contributed by atoms with E-state index < -0.39 is 10.0 Å². The lowest BCUT2D eigenvalue weighted by Gasteiger charge is -2.26. The zero-order valence-corrected chi connectivity index (χ0v) is 18.8. The second-order valence-electron chi connectivity index (χ2n) is 4.67. The fourth-order valence-corrected chi connectivity index (χ4v) is 4.02. The van der Waals surface area contributed by atoms with Crippen LogP contribution in [0.25, 0.3) is 0 Å². The summed E-state index contributed by atoms with van der Waals surface area (Å²) >= 11 is 3.33. The maximum Gasteiger partial charge on any atom is 0.243 e. The third kappa shape index (κ3) is 7.11. The van der Waals surface area contributed by atoms with Crippen molar-refractivity contribution in [2.45, 2.75) is 71.7 Å². The quantitative estimate of drug-likeness (QED) is 0.563. The first-order valence-corrected chi connectivity index (χ1v) is 10.9. The number of rotatable bonds is 7. The summed E-state index contributed by atoms with van der Waals surface area (Å²) < 4.78 is 32.7. The van der Waals surface area contributed by atoms with Crippen LogP contribution in [0.5, 0.6) is 5.75 Å². The first-order chi connectivity index (χ1) is 11.4. The maximum atomic E-state index is 12.6. The van der Waals surface area contributed by atoms with Crippen LogP contribution in [0, 0.1) is 0 Å². The van der Waals surface area contributed by atoms with Gasteiger partial charge in [-0.1, -0.05) is 48.0 Å². The van der Waals surface area contributed by atoms with Gasteiger partial charge in [0.2, 0.25) is 10.0 Å². The minimum absolute atomic E-state index is 0.0274. The van der Waals surface area contributed by atoms with E-state index in [0.29, 0.717) is 5.75 Å². The molecule has 0 aliphatic carbocycles. The third-order valence-corrected chi connectivity index (χ3v) is 5.97. The molecule has 0 heterocycles. The van der Waals surface area contributed by atoms with Crippen LogP contribution >= 0.6 is 15.9 Å². The average molecular weight is 424 g/mol. The number of benzene rings is 1. The molecule has 1 rings (SSSR count). The highest BCUT2D eigenvalue weighted by Gasteiger charge is 2.27. The van der Waals surface area contributed by atoms with E-state index in [1.165, 1.54) is 11.4 Å². The Hall–Kier alpha value is -0.590. The molecule has 0 aliphatic rings. The van der Waals surface area contributed by atoms with Gasteiger partial charge in [0, 0.05) is 19.2 Å². The van der Waals surface area contributed by atoms with Crippen molar-refractivity contribution in [3.8, 4) is 5.75 Å². The number of methoxy groups -OCH3 is 1. The SMILES string of the molecule is CC.CC.CCCC(CC)N(C)S(=O)(=O)c1ccc(Br)c(OC)c1. The van der Waals surface area contributed by atoms with Crippen molar-refractivity contribution in [3.63, 3.8) is 0 Å². The second kappa shape index (κ2) is 13.7. The summed E-state index contributed by atoms with van der Waals surface area (Å²) in [5, 5.41) is 0. The van der Waals surface area contributed by atoms with Crippen LogP contribution in [0.3, 0.4) is 0 Å². The molecule has 1 aromatic rings. The predicted molar refractivity (Wildman–Crippen MR) is 107 cm³/mol. The molecule has 4 nitrogen and oxygen atoms in total. The van der Waals surface area contributed by atoms with Gasteiger partial charge in [0.1, 0.15) is 5.75 Å². The van der Waals surface area contributed by atoms with Gasteiger partial charge in [-0.3, -0.25) is 0 Å². The minimum atomic E-state index is -3.49. The van der Waals surface area contributed by atoms with Crippen molar-refractivity contribution in [1.82, 2.24) is 4.31 Å². The Morgan fingerprint density at radius 1 is 1.17 bits per heavy atom. The molecule has 0 fully saturated rings. The Bertz CT molecular complexity index is 547. The van der Waals surface area contributed by atoms with E-state index in [9.17, 15) is 8.42 Å². The lowest BCUT2D eigenvalue weighted by molar-refractivity contribution is 0.338. The highest BCUT2D eigenvalue weighted by molar-refractivity contribution is 9.10. The molecular formula is C18H34BrNO3S. The van der Waals surface area contributed by atoms with Crippen LogP contribution in [0.15, 0.2) is 27.6 Å². The van der Waals surface area contributed by atoms with Gasteiger partial charge in [0.15, 0.2) is 0 Å². The van der Waals surface area contributed by atoms with E-state index in [1.54, 1.807) is 25.2 Å². The van der Waals surface area contributed by atoms with E-state index in [2.05, 4.69) is 22.9 Å². The van der Waals surface area contributed by atoms with Gasteiger partial charge in [0.25, 0.3) is 0 Å². The number of ether oxygens (including phenoxy) is 1. The average Bonchev–Trinajstić information content (AvgIpc) is 2.62. The molecule has 0 N–H and O–H groups in total. The van der Waals surface area contributed by atoms with Gasteiger partial charge >= 0.3 is 0 Å². The summed E-state index contributed by atoms with van der Waals surface area (Å²) in [5.41, 5.74) is 0. The molecule has 1 atom stereocenters. The summed E-state index contributed by atoms with van der Waals surface area (Å²) in [5.74, 6) is 0.517. The number of hydrogen-bond acceptors (Lipinski definition) is 3. The van der Waals surface area contributed by atoms with Crippen molar-refractivity contribution >= 4 is 26.0 Å². The summed E-state index contributed by atoms with van der Waals surface area (Å²) in [7, 11) is -0.323. The van der Waals surface area contributed by atoms with E-state index in [0.717, 1.165) is 23.7 Å². The lowest BCUT2D eigenvalue weighted by atomic mass is 10.1. The third-order valence-electron chi connectivity index (χ3n) is 3.41. The summed E-state index contributed by atoms with van der Waals surface area (Å²) in [6.07, 6.45) is 2.62. The van der Waals surface area contributed by atoms with Crippen LogP contribution in [0.4, 0.5) is 0 Å². The largest absolute Gasteiger partial charge is 0.496 e. The fourth-order valence-electron chi connectivity index (χ4n) is 2.14. The number of hydrogen-bond donors (Lipinski definition) is 0. The fraction of sp³-hybridized carbons (Fsp3) is 0.667. The molecule has 1 unspecified atom stereocenters. The molecule has 142 valence electrons. The molecule has 0 aromatic heterocycles. The Kier molecular flexibility index (Phi) is 14.6. The minimum Gasteiger partial charge on any atom is -0.496 e. The van der Waals surface area contributed by atoms with Gasteiger partial charge < -0.3 is 4.74 Å². The number of halogens is 1. The second-order valence-corrected chi connectivity index (χ2v) is 7.52. The lowest BCUT2D eigenvalue weighted by Crippen LogP contribution is -2.36. The van der Waals surface area contributed by atoms with Crippen LogP contribution in [0.1, 0.15) is 60.8 Å². The van der Waals surface area contributed by atoms with Gasteiger partial charge in [0.05, 0.1) is 16.5 Å². The molecule has 6 heteroatoms. The predicted octanol–water partition coefficient (Wildman–Crippen LogP) is 5.71. The molecule has 0 aliphatic heterocycles. The molecule has 24 heavy (non-hydrogen) atoms. The van der Waals surface area contributed by atoms with Crippen LogP contribution in [0.2, 0.25) is 0 Å². The molecule has 0 amide bonds. The first kappa shape index (κ1) is 25.6. The van der Waals surface area contributed by atoms with Crippen LogP contribution in [-0.2, 0) is 10.0 Å². The smallest absolute Gasteiger partial charge is 0.243 e. The summed E-state index contributed by atoms with van der Waals surface area (Å²) in [4.78, 5) is 0.259. The zero-order valence-electron chi connectivity index (χ0n) is 16.4. The first-order valence-electron chi connectivity index (χ1n) is 8.70. The summed E-state index contributed by atoms with van der Waals surface area (Å²) in [6.45, 7) is 12.1. The Labute approximate surface area is 157 Å². The van der Waals surface area contributed by atoms with Crippen molar-refractivity contribution in [1.29, 1.82) is 0 Å². The Morgan fingerprint density at radius 3 is 2.12 bits per heavy atom. The normalized spacial score (nSPS) is 11.8. The molecule has 0 bridgehead atoms. The van der Waals surface area contributed by atoms with Crippen molar-refractivity contribution in [3.05, 3.63) is 22.7 Å². The Morgan fingerprint density at radius 2 is 1.71 bits per heavy atom. The van der Waals surface area contributed by atoms with Gasteiger partial charge in [-0.15, -0.1) is 0 Å². The number of sulfonamides is 1. The monoisotopic (exact) mass is 423 g/mol. The molecular weight excluding hydrogens is 390 g/mol. The van der Waals surface area contributed by atoms with Gasteiger partial charge in [-0.2, -0.15) is 4.31 Å². The van der Waals surface area contributed by atoms with Crippen molar-refractivity contribution in [2.75, 3.05) is 14.2 Å². The Balaban J connectivity index is 0. The van der Waals surface area contributed by atoms with Crippen molar-refractivity contribution in [2.24, 2.45) is 0 Å². The highest BCUT2D eigenvalue weighted by Crippen LogP contribution is 2.29. The summed E-state index contributed by atoms with van der Waals surface area (Å²) in [6, 6.07) is 4.87.